The van der Waals surface area contributed by atoms with Crippen molar-refractivity contribution >= 4 is 46.2 Å². The van der Waals surface area contributed by atoms with Gasteiger partial charge >= 0.3 is 0 Å². The lowest BCUT2D eigenvalue weighted by Crippen LogP contribution is -2.30. The molecule has 0 amide bonds. The highest BCUT2D eigenvalue weighted by Gasteiger charge is 2.04. The SMILES string of the molecule is Cc1cccc(NC(=S)NCCc2ccc(Cl)cc2Cl)c1C. The van der Waals surface area contributed by atoms with Crippen LogP contribution in [0.3, 0.4) is 0 Å². The summed E-state index contributed by atoms with van der Waals surface area (Å²) in [4.78, 5) is 0. The van der Waals surface area contributed by atoms with Crippen molar-refractivity contribution in [2.75, 3.05) is 11.9 Å². The lowest BCUT2D eigenvalue weighted by atomic mass is 10.1. The van der Waals surface area contributed by atoms with E-state index in [2.05, 4.69) is 30.5 Å². The molecular weight excluding hydrogens is 335 g/mol. The van der Waals surface area contributed by atoms with Gasteiger partial charge in [0.15, 0.2) is 5.11 Å². The largest absolute Gasteiger partial charge is 0.362 e. The smallest absolute Gasteiger partial charge is 0.170 e. The van der Waals surface area contributed by atoms with Crippen molar-refractivity contribution in [1.29, 1.82) is 0 Å². The number of hydrogen-bond donors (Lipinski definition) is 2. The third-order valence-corrected chi connectivity index (χ3v) is 4.38. The molecule has 0 aliphatic heterocycles. The van der Waals surface area contributed by atoms with Crippen LogP contribution < -0.4 is 10.6 Å². The third kappa shape index (κ3) is 4.60. The second-order valence-electron chi connectivity index (χ2n) is 5.11. The molecule has 0 saturated heterocycles. The summed E-state index contributed by atoms with van der Waals surface area (Å²) in [5.74, 6) is 0. The van der Waals surface area contributed by atoms with Crippen LogP contribution >= 0.6 is 35.4 Å². The molecule has 116 valence electrons. The van der Waals surface area contributed by atoms with Crippen molar-refractivity contribution in [1.82, 2.24) is 5.32 Å². The van der Waals surface area contributed by atoms with Gasteiger partial charge in [0.05, 0.1) is 0 Å². The number of aryl methyl sites for hydroxylation is 1. The van der Waals surface area contributed by atoms with Crippen LogP contribution in [0, 0.1) is 13.8 Å². The summed E-state index contributed by atoms with van der Waals surface area (Å²) in [6, 6.07) is 11.7. The first-order valence-corrected chi connectivity index (χ1v) is 8.19. The van der Waals surface area contributed by atoms with Gasteiger partial charge in [-0.05, 0) is 67.4 Å². The van der Waals surface area contributed by atoms with Crippen LogP contribution in [0.5, 0.6) is 0 Å². The fourth-order valence-electron chi connectivity index (χ4n) is 2.09. The summed E-state index contributed by atoms with van der Waals surface area (Å²) in [5.41, 5.74) is 4.52. The maximum Gasteiger partial charge on any atom is 0.170 e. The molecule has 22 heavy (non-hydrogen) atoms. The second-order valence-corrected chi connectivity index (χ2v) is 6.37. The highest BCUT2D eigenvalue weighted by atomic mass is 35.5. The van der Waals surface area contributed by atoms with Crippen LogP contribution in [0.2, 0.25) is 10.0 Å². The molecular formula is C17H18Cl2N2S. The first-order valence-electron chi connectivity index (χ1n) is 7.02. The lowest BCUT2D eigenvalue weighted by Gasteiger charge is -2.14. The Morgan fingerprint density at radius 2 is 1.91 bits per heavy atom. The van der Waals surface area contributed by atoms with Crippen LogP contribution in [-0.2, 0) is 6.42 Å². The molecule has 0 spiro atoms. The Morgan fingerprint density at radius 3 is 2.64 bits per heavy atom. The molecule has 2 N–H and O–H groups in total. The number of benzene rings is 2. The van der Waals surface area contributed by atoms with Gasteiger partial charge in [-0.3, -0.25) is 0 Å². The average Bonchev–Trinajstić information content (AvgIpc) is 2.46. The van der Waals surface area contributed by atoms with E-state index < -0.39 is 0 Å². The molecule has 0 aliphatic carbocycles. The Morgan fingerprint density at radius 1 is 1.14 bits per heavy atom. The fraction of sp³-hybridized carbons (Fsp3) is 0.235. The molecule has 5 heteroatoms. The van der Waals surface area contributed by atoms with E-state index in [4.69, 9.17) is 35.4 Å². The first kappa shape index (κ1) is 17.1. The summed E-state index contributed by atoms with van der Waals surface area (Å²) >= 11 is 17.4. The molecule has 0 radical (unpaired) electrons. The minimum Gasteiger partial charge on any atom is -0.362 e. The molecule has 2 aromatic carbocycles. The molecule has 2 rings (SSSR count). The van der Waals surface area contributed by atoms with E-state index in [1.165, 1.54) is 11.1 Å². The van der Waals surface area contributed by atoms with Crippen LogP contribution in [0.15, 0.2) is 36.4 Å². The first-order chi connectivity index (χ1) is 10.5. The zero-order chi connectivity index (χ0) is 16.1. The summed E-state index contributed by atoms with van der Waals surface area (Å²) in [5, 5.41) is 8.36. The highest BCUT2D eigenvalue weighted by Crippen LogP contribution is 2.21. The van der Waals surface area contributed by atoms with E-state index in [1.807, 2.05) is 24.3 Å². The molecule has 0 saturated carbocycles. The Hall–Kier alpha value is -1.29. The van der Waals surface area contributed by atoms with Gasteiger partial charge in [0.1, 0.15) is 0 Å². The normalized spacial score (nSPS) is 10.4. The van der Waals surface area contributed by atoms with Crippen molar-refractivity contribution < 1.29 is 0 Å². The zero-order valence-corrected chi connectivity index (χ0v) is 14.9. The van der Waals surface area contributed by atoms with Gasteiger partial charge in [0.2, 0.25) is 0 Å². The van der Waals surface area contributed by atoms with Crippen LogP contribution in [-0.4, -0.2) is 11.7 Å². The zero-order valence-electron chi connectivity index (χ0n) is 12.5. The van der Waals surface area contributed by atoms with Gasteiger partial charge in [-0.1, -0.05) is 41.4 Å². The number of halogens is 2. The van der Waals surface area contributed by atoms with E-state index >= 15 is 0 Å². The Kier molecular flexibility index (Phi) is 6.07. The van der Waals surface area contributed by atoms with Crippen LogP contribution in [0.1, 0.15) is 16.7 Å². The van der Waals surface area contributed by atoms with Gasteiger partial charge in [0.25, 0.3) is 0 Å². The van der Waals surface area contributed by atoms with Crippen molar-refractivity contribution in [2.24, 2.45) is 0 Å². The summed E-state index contributed by atoms with van der Waals surface area (Å²) in [6.45, 7) is 4.87. The molecule has 0 atom stereocenters. The number of anilines is 1. The Bertz CT molecular complexity index is 686. The van der Waals surface area contributed by atoms with Crippen molar-refractivity contribution in [3.63, 3.8) is 0 Å². The number of nitrogens with one attached hydrogen (secondary N) is 2. The molecule has 0 bridgehead atoms. The number of thiocarbonyl (C=S) groups is 1. The predicted octanol–water partition coefficient (Wildman–Crippen LogP) is 5.14. The molecule has 2 aromatic rings. The molecule has 0 aromatic heterocycles. The minimum absolute atomic E-state index is 0.610. The summed E-state index contributed by atoms with van der Waals surface area (Å²) in [7, 11) is 0. The Labute approximate surface area is 146 Å². The van der Waals surface area contributed by atoms with Crippen LogP contribution in [0.25, 0.3) is 0 Å². The second kappa shape index (κ2) is 7.82. The van der Waals surface area contributed by atoms with E-state index in [0.717, 1.165) is 17.7 Å². The van der Waals surface area contributed by atoms with Crippen LogP contribution in [0.4, 0.5) is 5.69 Å². The average molecular weight is 353 g/mol. The van der Waals surface area contributed by atoms with Gasteiger partial charge in [0, 0.05) is 22.3 Å². The molecule has 0 heterocycles. The summed E-state index contributed by atoms with van der Waals surface area (Å²) in [6.07, 6.45) is 0.782. The van der Waals surface area contributed by atoms with Gasteiger partial charge in [-0.25, -0.2) is 0 Å². The maximum absolute atomic E-state index is 6.15. The van der Waals surface area contributed by atoms with E-state index in [-0.39, 0.29) is 0 Å². The molecule has 0 fully saturated rings. The van der Waals surface area contributed by atoms with Gasteiger partial charge < -0.3 is 10.6 Å². The Balaban J connectivity index is 1.87. The standard InChI is InChI=1S/C17H18Cl2N2S/c1-11-4-3-5-16(12(11)2)21-17(22)20-9-8-13-6-7-14(18)10-15(13)19/h3-7,10H,8-9H2,1-2H3,(H2,20,21,22). The van der Waals surface area contributed by atoms with Crippen molar-refractivity contribution in [3.8, 4) is 0 Å². The summed E-state index contributed by atoms with van der Waals surface area (Å²) < 4.78 is 0. The quantitative estimate of drug-likeness (QED) is 0.745. The van der Waals surface area contributed by atoms with Crippen molar-refractivity contribution in [2.45, 2.75) is 20.3 Å². The number of rotatable bonds is 4. The predicted molar refractivity (Wildman–Crippen MR) is 100 cm³/mol. The third-order valence-electron chi connectivity index (χ3n) is 3.55. The maximum atomic E-state index is 6.15. The van der Waals surface area contributed by atoms with Crippen molar-refractivity contribution in [3.05, 3.63) is 63.1 Å². The van der Waals surface area contributed by atoms with Gasteiger partial charge in [-0.2, -0.15) is 0 Å². The van der Waals surface area contributed by atoms with E-state index in [0.29, 0.717) is 21.7 Å². The molecule has 0 unspecified atom stereocenters. The van der Waals surface area contributed by atoms with E-state index in [1.54, 1.807) is 6.07 Å². The minimum atomic E-state index is 0.610. The lowest BCUT2D eigenvalue weighted by molar-refractivity contribution is 0.873. The van der Waals surface area contributed by atoms with E-state index in [9.17, 15) is 0 Å². The number of hydrogen-bond acceptors (Lipinski definition) is 1. The topological polar surface area (TPSA) is 24.1 Å². The molecule has 2 nitrogen and oxygen atoms in total. The molecule has 0 aliphatic rings. The van der Waals surface area contributed by atoms with Gasteiger partial charge in [-0.15, -0.1) is 0 Å². The highest BCUT2D eigenvalue weighted by molar-refractivity contribution is 7.80. The fourth-order valence-corrected chi connectivity index (χ4v) is 2.80. The monoisotopic (exact) mass is 352 g/mol.